The molecular weight excluding hydrogens is 204 g/mol. The second-order valence-electron chi connectivity index (χ2n) is 3.93. The summed E-state index contributed by atoms with van der Waals surface area (Å²) in [5.41, 5.74) is 1.18. The van der Waals surface area contributed by atoms with Crippen LogP contribution in [0, 0.1) is 0 Å². The van der Waals surface area contributed by atoms with Gasteiger partial charge in [-0.1, -0.05) is 30.3 Å². The Balaban J connectivity index is 1.91. The summed E-state index contributed by atoms with van der Waals surface area (Å²) in [4.78, 5) is 13.1. The lowest BCUT2D eigenvalue weighted by Gasteiger charge is -2.32. The predicted octanol–water partition coefficient (Wildman–Crippen LogP) is -0.0207. The van der Waals surface area contributed by atoms with Gasteiger partial charge in [-0.25, -0.2) is 0 Å². The lowest BCUT2D eigenvalue weighted by atomic mass is 10.1. The van der Waals surface area contributed by atoms with E-state index in [1.807, 2.05) is 30.3 Å². The number of amides is 1. The van der Waals surface area contributed by atoms with E-state index in [1.165, 1.54) is 10.5 Å². The number of hydrogen-bond acceptors (Lipinski definition) is 3. The van der Waals surface area contributed by atoms with Gasteiger partial charge in [0.05, 0.1) is 6.54 Å². The number of β-amino-alcohol motifs (C(OH)–C–C–N with tert-alkyl or cyclic N) is 1. The maximum absolute atomic E-state index is 11.5. The van der Waals surface area contributed by atoms with Gasteiger partial charge in [-0.05, 0) is 12.0 Å². The van der Waals surface area contributed by atoms with E-state index < -0.39 is 6.23 Å². The van der Waals surface area contributed by atoms with Crippen LogP contribution in [0.15, 0.2) is 30.3 Å². The largest absolute Gasteiger partial charge is 0.372 e. The van der Waals surface area contributed by atoms with Gasteiger partial charge in [0.15, 0.2) is 0 Å². The van der Waals surface area contributed by atoms with Gasteiger partial charge in [-0.3, -0.25) is 4.79 Å². The Labute approximate surface area is 94.9 Å². The van der Waals surface area contributed by atoms with Crippen LogP contribution in [0.3, 0.4) is 0 Å². The normalized spacial score (nSPS) is 21.2. The van der Waals surface area contributed by atoms with E-state index in [0.29, 0.717) is 19.6 Å². The van der Waals surface area contributed by atoms with Crippen LogP contribution in [0.1, 0.15) is 5.56 Å². The highest BCUT2D eigenvalue weighted by molar-refractivity contribution is 5.79. The molecule has 1 atom stereocenters. The highest BCUT2D eigenvalue weighted by atomic mass is 16.3. The molecule has 0 aromatic heterocycles. The van der Waals surface area contributed by atoms with Gasteiger partial charge in [0, 0.05) is 13.1 Å². The quantitative estimate of drug-likeness (QED) is 0.752. The maximum atomic E-state index is 11.5. The summed E-state index contributed by atoms with van der Waals surface area (Å²) in [6, 6.07) is 9.98. The molecule has 86 valence electrons. The van der Waals surface area contributed by atoms with Crippen molar-refractivity contribution in [1.82, 2.24) is 10.2 Å². The van der Waals surface area contributed by atoms with E-state index in [-0.39, 0.29) is 5.91 Å². The first-order valence-corrected chi connectivity index (χ1v) is 5.49. The van der Waals surface area contributed by atoms with Crippen LogP contribution < -0.4 is 5.32 Å². The molecule has 1 fully saturated rings. The molecule has 16 heavy (non-hydrogen) atoms. The number of nitrogens with one attached hydrogen (secondary N) is 1. The molecule has 1 aliphatic heterocycles. The number of benzene rings is 1. The summed E-state index contributed by atoms with van der Waals surface area (Å²) in [5, 5.41) is 12.5. The van der Waals surface area contributed by atoms with E-state index >= 15 is 0 Å². The minimum absolute atomic E-state index is 0.0327. The SMILES string of the molecule is O=C1CNCC(O)N1CCc1ccccc1. The van der Waals surface area contributed by atoms with Crippen molar-refractivity contribution < 1.29 is 9.90 Å². The third-order valence-electron chi connectivity index (χ3n) is 2.77. The topological polar surface area (TPSA) is 52.6 Å². The van der Waals surface area contributed by atoms with E-state index in [2.05, 4.69) is 5.32 Å². The van der Waals surface area contributed by atoms with Crippen molar-refractivity contribution in [3.05, 3.63) is 35.9 Å². The fraction of sp³-hybridized carbons (Fsp3) is 0.417. The molecule has 4 nitrogen and oxygen atoms in total. The highest BCUT2D eigenvalue weighted by Crippen LogP contribution is 2.06. The summed E-state index contributed by atoms with van der Waals surface area (Å²) in [7, 11) is 0. The average molecular weight is 220 g/mol. The van der Waals surface area contributed by atoms with Crippen molar-refractivity contribution in [2.75, 3.05) is 19.6 Å². The zero-order chi connectivity index (χ0) is 11.4. The number of carbonyl (C=O) groups excluding carboxylic acids is 1. The lowest BCUT2D eigenvalue weighted by Crippen LogP contribution is -2.55. The molecular formula is C12H16N2O2. The number of nitrogens with zero attached hydrogens (tertiary/aromatic N) is 1. The second kappa shape index (κ2) is 5.09. The fourth-order valence-electron chi connectivity index (χ4n) is 1.85. The summed E-state index contributed by atoms with van der Waals surface area (Å²) in [6.45, 7) is 1.36. The number of aliphatic hydroxyl groups excluding tert-OH is 1. The average Bonchev–Trinajstić information content (AvgIpc) is 2.30. The molecule has 0 saturated carbocycles. The van der Waals surface area contributed by atoms with Gasteiger partial charge in [0.25, 0.3) is 0 Å². The summed E-state index contributed by atoms with van der Waals surface area (Å²) < 4.78 is 0. The molecule has 1 aromatic carbocycles. The third kappa shape index (κ3) is 2.59. The molecule has 1 aromatic rings. The maximum Gasteiger partial charge on any atom is 0.238 e. The molecule has 1 amide bonds. The number of hydrogen-bond donors (Lipinski definition) is 2. The van der Waals surface area contributed by atoms with Crippen LogP contribution >= 0.6 is 0 Å². The smallest absolute Gasteiger partial charge is 0.238 e. The minimum Gasteiger partial charge on any atom is -0.372 e. The van der Waals surface area contributed by atoms with Gasteiger partial charge < -0.3 is 15.3 Å². The molecule has 0 spiro atoms. The Bertz CT molecular complexity index is 353. The first-order chi connectivity index (χ1) is 7.77. The molecule has 0 bridgehead atoms. The monoisotopic (exact) mass is 220 g/mol. The van der Waals surface area contributed by atoms with Gasteiger partial charge in [-0.2, -0.15) is 0 Å². The van der Waals surface area contributed by atoms with Gasteiger partial charge >= 0.3 is 0 Å². The molecule has 1 aliphatic rings. The molecule has 1 saturated heterocycles. The van der Waals surface area contributed by atoms with Crippen molar-refractivity contribution in [2.24, 2.45) is 0 Å². The zero-order valence-electron chi connectivity index (χ0n) is 9.10. The van der Waals surface area contributed by atoms with Crippen LogP contribution in [0.5, 0.6) is 0 Å². The van der Waals surface area contributed by atoms with Gasteiger partial charge in [0.1, 0.15) is 6.23 Å². The van der Waals surface area contributed by atoms with Crippen LogP contribution in [-0.2, 0) is 11.2 Å². The first-order valence-electron chi connectivity index (χ1n) is 5.49. The van der Waals surface area contributed by atoms with Crippen molar-refractivity contribution >= 4 is 5.91 Å². The van der Waals surface area contributed by atoms with Crippen LogP contribution in [-0.4, -0.2) is 41.8 Å². The Morgan fingerprint density at radius 2 is 2.12 bits per heavy atom. The summed E-state index contributed by atoms with van der Waals surface area (Å²) in [5.74, 6) is -0.0327. The van der Waals surface area contributed by atoms with Crippen molar-refractivity contribution in [1.29, 1.82) is 0 Å². The molecule has 1 unspecified atom stereocenters. The van der Waals surface area contributed by atoms with Gasteiger partial charge in [-0.15, -0.1) is 0 Å². The minimum atomic E-state index is -0.690. The number of piperazine rings is 1. The standard InChI is InChI=1S/C12H16N2O2/c15-11-8-13-9-12(16)14(11)7-6-10-4-2-1-3-5-10/h1-5,11,13,15H,6-9H2. The third-order valence-corrected chi connectivity index (χ3v) is 2.77. The molecule has 2 rings (SSSR count). The summed E-state index contributed by atoms with van der Waals surface area (Å²) >= 11 is 0. The van der Waals surface area contributed by atoms with E-state index in [4.69, 9.17) is 0 Å². The van der Waals surface area contributed by atoms with Crippen molar-refractivity contribution in [2.45, 2.75) is 12.6 Å². The summed E-state index contributed by atoms with van der Waals surface area (Å²) in [6.07, 6.45) is 0.0915. The van der Waals surface area contributed by atoms with Crippen LogP contribution in [0.4, 0.5) is 0 Å². The van der Waals surface area contributed by atoms with Crippen LogP contribution in [0.2, 0.25) is 0 Å². The Kier molecular flexibility index (Phi) is 3.54. The van der Waals surface area contributed by atoms with Crippen molar-refractivity contribution in [3.63, 3.8) is 0 Å². The molecule has 2 N–H and O–H groups in total. The lowest BCUT2D eigenvalue weighted by molar-refractivity contribution is -0.144. The zero-order valence-corrected chi connectivity index (χ0v) is 9.10. The number of carbonyl (C=O) groups is 1. The molecule has 0 radical (unpaired) electrons. The van der Waals surface area contributed by atoms with Crippen molar-refractivity contribution in [3.8, 4) is 0 Å². The van der Waals surface area contributed by atoms with Gasteiger partial charge in [0.2, 0.25) is 5.91 Å². The number of rotatable bonds is 3. The number of aliphatic hydroxyl groups is 1. The van der Waals surface area contributed by atoms with Crippen LogP contribution in [0.25, 0.3) is 0 Å². The van der Waals surface area contributed by atoms with E-state index in [1.54, 1.807) is 0 Å². The van der Waals surface area contributed by atoms with E-state index in [9.17, 15) is 9.90 Å². The van der Waals surface area contributed by atoms with E-state index in [0.717, 1.165) is 6.42 Å². The Morgan fingerprint density at radius 3 is 2.81 bits per heavy atom. The highest BCUT2D eigenvalue weighted by Gasteiger charge is 2.25. The molecule has 0 aliphatic carbocycles. The predicted molar refractivity (Wildman–Crippen MR) is 60.7 cm³/mol. The second-order valence-corrected chi connectivity index (χ2v) is 3.93. The Hall–Kier alpha value is -1.39. The molecule has 1 heterocycles. The first kappa shape index (κ1) is 11.1. The fourth-order valence-corrected chi connectivity index (χ4v) is 1.85. The Morgan fingerprint density at radius 1 is 1.38 bits per heavy atom. The molecule has 4 heteroatoms.